The minimum absolute atomic E-state index is 0.151. The molecule has 0 amide bonds. The molecular weight excluding hydrogens is 353 g/mol. The SMILES string of the molecule is Fc1ccc2c(c1)CC(NCc1ccc(Oc3ccc4nc[nH]c4c3)cc1)C2. The molecule has 140 valence electrons. The smallest absolute Gasteiger partial charge is 0.129 e. The summed E-state index contributed by atoms with van der Waals surface area (Å²) in [5, 5.41) is 3.58. The molecule has 0 spiro atoms. The number of rotatable bonds is 5. The summed E-state index contributed by atoms with van der Waals surface area (Å²) in [6.45, 7) is 0.779. The van der Waals surface area contributed by atoms with E-state index in [1.807, 2.05) is 36.4 Å². The van der Waals surface area contributed by atoms with Crippen LogP contribution in [-0.2, 0) is 19.4 Å². The molecule has 0 aliphatic heterocycles. The van der Waals surface area contributed by atoms with Gasteiger partial charge in [-0.3, -0.25) is 0 Å². The maximum atomic E-state index is 13.4. The van der Waals surface area contributed by atoms with Gasteiger partial charge in [0.15, 0.2) is 0 Å². The highest BCUT2D eigenvalue weighted by Crippen LogP contribution is 2.25. The minimum Gasteiger partial charge on any atom is -0.457 e. The molecule has 5 rings (SSSR count). The second-order valence-corrected chi connectivity index (χ2v) is 7.23. The number of hydrogen-bond donors (Lipinski definition) is 2. The average molecular weight is 373 g/mol. The van der Waals surface area contributed by atoms with Crippen molar-refractivity contribution in [1.29, 1.82) is 0 Å². The molecule has 0 bridgehead atoms. The van der Waals surface area contributed by atoms with E-state index in [0.717, 1.165) is 47.5 Å². The summed E-state index contributed by atoms with van der Waals surface area (Å²) < 4.78 is 19.3. The van der Waals surface area contributed by atoms with Gasteiger partial charge < -0.3 is 15.0 Å². The van der Waals surface area contributed by atoms with Gasteiger partial charge in [-0.2, -0.15) is 0 Å². The summed E-state index contributed by atoms with van der Waals surface area (Å²) in [6, 6.07) is 19.3. The minimum atomic E-state index is -0.151. The number of nitrogens with zero attached hydrogens (tertiary/aromatic N) is 1. The molecule has 1 heterocycles. The van der Waals surface area contributed by atoms with E-state index in [1.54, 1.807) is 18.5 Å². The highest BCUT2D eigenvalue weighted by atomic mass is 19.1. The van der Waals surface area contributed by atoms with Gasteiger partial charge in [-0.25, -0.2) is 9.37 Å². The Morgan fingerprint density at radius 1 is 0.964 bits per heavy atom. The van der Waals surface area contributed by atoms with Crippen LogP contribution < -0.4 is 10.1 Å². The van der Waals surface area contributed by atoms with E-state index in [-0.39, 0.29) is 5.82 Å². The molecule has 1 aliphatic carbocycles. The van der Waals surface area contributed by atoms with Crippen LogP contribution in [0.2, 0.25) is 0 Å². The van der Waals surface area contributed by atoms with Crippen molar-refractivity contribution in [3.63, 3.8) is 0 Å². The number of halogens is 1. The number of H-pyrrole nitrogens is 1. The standard InChI is InChI=1S/C23H20FN3O/c24-18-4-3-16-10-19(11-17(16)9-18)25-13-15-1-5-20(6-2-15)28-21-7-8-22-23(12-21)27-14-26-22/h1-9,12,14,19,25H,10-11,13H2,(H,26,27). The number of imidazole rings is 1. The molecule has 3 aromatic carbocycles. The topological polar surface area (TPSA) is 49.9 Å². The molecule has 4 nitrogen and oxygen atoms in total. The molecule has 5 heteroatoms. The van der Waals surface area contributed by atoms with Gasteiger partial charge in [0.1, 0.15) is 17.3 Å². The van der Waals surface area contributed by atoms with E-state index in [2.05, 4.69) is 27.4 Å². The molecule has 0 saturated carbocycles. The number of aromatic nitrogens is 2. The van der Waals surface area contributed by atoms with E-state index >= 15 is 0 Å². The van der Waals surface area contributed by atoms with Gasteiger partial charge in [-0.05, 0) is 65.9 Å². The van der Waals surface area contributed by atoms with Crippen molar-refractivity contribution in [2.45, 2.75) is 25.4 Å². The van der Waals surface area contributed by atoms with E-state index in [0.29, 0.717) is 6.04 Å². The Bertz CT molecular complexity index is 1120. The second kappa shape index (κ2) is 7.09. The van der Waals surface area contributed by atoms with Crippen molar-refractivity contribution in [1.82, 2.24) is 15.3 Å². The normalized spacial score (nSPS) is 15.7. The fourth-order valence-electron chi connectivity index (χ4n) is 3.78. The predicted octanol–water partition coefficient (Wildman–Crippen LogP) is 4.75. The lowest BCUT2D eigenvalue weighted by atomic mass is 10.1. The zero-order chi connectivity index (χ0) is 18.9. The summed E-state index contributed by atoms with van der Waals surface area (Å²) >= 11 is 0. The van der Waals surface area contributed by atoms with Gasteiger partial charge in [-0.1, -0.05) is 18.2 Å². The zero-order valence-corrected chi connectivity index (χ0v) is 15.3. The molecule has 28 heavy (non-hydrogen) atoms. The molecule has 1 atom stereocenters. The number of ether oxygens (including phenoxy) is 1. The first-order valence-corrected chi connectivity index (χ1v) is 9.43. The van der Waals surface area contributed by atoms with Gasteiger partial charge in [0.25, 0.3) is 0 Å². The van der Waals surface area contributed by atoms with Crippen LogP contribution in [0.15, 0.2) is 67.0 Å². The van der Waals surface area contributed by atoms with E-state index < -0.39 is 0 Å². The summed E-state index contributed by atoms with van der Waals surface area (Å²) in [5.74, 6) is 1.42. The van der Waals surface area contributed by atoms with Crippen LogP contribution in [0, 0.1) is 5.82 Å². The summed E-state index contributed by atoms with van der Waals surface area (Å²) in [6.07, 6.45) is 3.51. The Hall–Kier alpha value is -3.18. The third kappa shape index (κ3) is 3.49. The predicted molar refractivity (Wildman–Crippen MR) is 107 cm³/mol. The Morgan fingerprint density at radius 2 is 1.79 bits per heavy atom. The third-order valence-corrected chi connectivity index (χ3v) is 5.25. The molecule has 4 aromatic rings. The number of aromatic amines is 1. The Kier molecular flexibility index (Phi) is 4.29. The molecule has 1 aromatic heterocycles. The first-order valence-electron chi connectivity index (χ1n) is 9.43. The van der Waals surface area contributed by atoms with E-state index in [1.165, 1.54) is 11.1 Å². The maximum absolute atomic E-state index is 13.4. The lowest BCUT2D eigenvalue weighted by Crippen LogP contribution is -2.28. The van der Waals surface area contributed by atoms with Crippen LogP contribution in [-0.4, -0.2) is 16.0 Å². The molecule has 1 unspecified atom stereocenters. The number of hydrogen-bond acceptors (Lipinski definition) is 3. The Balaban J connectivity index is 1.19. The summed E-state index contributed by atoms with van der Waals surface area (Å²) in [4.78, 5) is 7.30. The third-order valence-electron chi connectivity index (χ3n) is 5.25. The average Bonchev–Trinajstić information content (AvgIpc) is 3.33. The quantitative estimate of drug-likeness (QED) is 0.531. The molecular formula is C23H20FN3O. The highest BCUT2D eigenvalue weighted by molar-refractivity contribution is 5.76. The molecule has 2 N–H and O–H groups in total. The van der Waals surface area contributed by atoms with Crippen molar-refractivity contribution in [2.75, 3.05) is 0 Å². The highest BCUT2D eigenvalue weighted by Gasteiger charge is 2.21. The monoisotopic (exact) mass is 373 g/mol. The lowest BCUT2D eigenvalue weighted by molar-refractivity contribution is 0.482. The number of nitrogens with one attached hydrogen (secondary N) is 2. The Morgan fingerprint density at radius 3 is 2.68 bits per heavy atom. The number of benzene rings is 3. The van der Waals surface area contributed by atoms with Crippen molar-refractivity contribution < 1.29 is 9.13 Å². The fourth-order valence-corrected chi connectivity index (χ4v) is 3.78. The van der Waals surface area contributed by atoms with Crippen LogP contribution in [0.1, 0.15) is 16.7 Å². The molecule has 0 saturated heterocycles. The van der Waals surface area contributed by atoms with Crippen LogP contribution in [0.3, 0.4) is 0 Å². The van der Waals surface area contributed by atoms with Crippen LogP contribution in [0.4, 0.5) is 4.39 Å². The van der Waals surface area contributed by atoms with Crippen molar-refractivity contribution in [3.05, 3.63) is 89.5 Å². The largest absolute Gasteiger partial charge is 0.457 e. The van der Waals surface area contributed by atoms with Gasteiger partial charge in [0.05, 0.1) is 17.4 Å². The fraction of sp³-hybridized carbons (Fsp3) is 0.174. The maximum Gasteiger partial charge on any atom is 0.129 e. The van der Waals surface area contributed by atoms with Crippen LogP contribution >= 0.6 is 0 Å². The first kappa shape index (κ1) is 17.0. The van der Waals surface area contributed by atoms with Crippen molar-refractivity contribution in [3.8, 4) is 11.5 Å². The zero-order valence-electron chi connectivity index (χ0n) is 15.3. The van der Waals surface area contributed by atoms with Crippen molar-refractivity contribution >= 4 is 11.0 Å². The number of fused-ring (bicyclic) bond motifs is 2. The molecule has 0 radical (unpaired) electrons. The second-order valence-electron chi connectivity index (χ2n) is 7.23. The van der Waals surface area contributed by atoms with Crippen molar-refractivity contribution in [2.24, 2.45) is 0 Å². The Labute approximate surface area is 162 Å². The van der Waals surface area contributed by atoms with Crippen LogP contribution in [0.5, 0.6) is 11.5 Å². The van der Waals surface area contributed by atoms with E-state index in [9.17, 15) is 4.39 Å². The van der Waals surface area contributed by atoms with Gasteiger partial charge in [-0.15, -0.1) is 0 Å². The molecule has 1 aliphatic rings. The summed E-state index contributed by atoms with van der Waals surface area (Å²) in [7, 11) is 0. The van der Waals surface area contributed by atoms with Crippen LogP contribution in [0.25, 0.3) is 11.0 Å². The summed E-state index contributed by atoms with van der Waals surface area (Å²) in [5.41, 5.74) is 5.44. The first-order chi connectivity index (χ1) is 13.7. The molecule has 0 fully saturated rings. The van der Waals surface area contributed by atoms with E-state index in [4.69, 9.17) is 4.74 Å². The lowest BCUT2D eigenvalue weighted by Gasteiger charge is -2.12. The van der Waals surface area contributed by atoms with Gasteiger partial charge >= 0.3 is 0 Å². The van der Waals surface area contributed by atoms with Gasteiger partial charge in [0.2, 0.25) is 0 Å². The van der Waals surface area contributed by atoms with Gasteiger partial charge in [0, 0.05) is 18.7 Å².